The minimum Gasteiger partial charge on any atom is -0.349 e. The van der Waals surface area contributed by atoms with Crippen LogP contribution in [0.15, 0.2) is 41.9 Å². The van der Waals surface area contributed by atoms with Crippen LogP contribution in [-0.4, -0.2) is 28.4 Å². The Labute approximate surface area is 131 Å². The van der Waals surface area contributed by atoms with Gasteiger partial charge in [0.25, 0.3) is 5.91 Å². The molecular formula is C15H13N5OS. The number of rotatable bonds is 5. The van der Waals surface area contributed by atoms with Gasteiger partial charge >= 0.3 is 0 Å². The average Bonchev–Trinajstić information content (AvgIpc) is 3.12. The molecule has 0 spiro atoms. The van der Waals surface area contributed by atoms with Crippen molar-refractivity contribution in [1.29, 1.82) is 5.26 Å². The summed E-state index contributed by atoms with van der Waals surface area (Å²) < 4.78 is 1.79. The zero-order chi connectivity index (χ0) is 15.4. The number of imidazole rings is 1. The lowest BCUT2D eigenvalue weighted by Gasteiger charge is -2.06. The third kappa shape index (κ3) is 2.64. The summed E-state index contributed by atoms with van der Waals surface area (Å²) in [6, 6.07) is 9.62. The first-order valence-electron chi connectivity index (χ1n) is 6.72. The number of benzene rings is 1. The summed E-state index contributed by atoms with van der Waals surface area (Å²) in [6.07, 6.45) is 3.66. The van der Waals surface area contributed by atoms with Crippen LogP contribution < -0.4 is 10.6 Å². The molecule has 0 atom stereocenters. The Bertz CT molecular complexity index is 831. The molecular weight excluding hydrogens is 298 g/mol. The quantitative estimate of drug-likeness (QED) is 0.428. The molecule has 2 heterocycles. The maximum atomic E-state index is 12.5. The highest BCUT2D eigenvalue weighted by molar-refractivity contribution is 7.15. The molecule has 0 aliphatic rings. The van der Waals surface area contributed by atoms with Gasteiger partial charge in [0.1, 0.15) is 11.4 Å². The van der Waals surface area contributed by atoms with Gasteiger partial charge in [-0.05, 0) is 0 Å². The predicted molar refractivity (Wildman–Crippen MR) is 84.5 cm³/mol. The third-order valence-corrected chi connectivity index (χ3v) is 3.90. The Morgan fingerprint density at radius 3 is 2.91 bits per heavy atom. The number of fused-ring (bicyclic) bond motifs is 1. The molecule has 2 N–H and O–H groups in total. The van der Waals surface area contributed by atoms with E-state index >= 15 is 0 Å². The van der Waals surface area contributed by atoms with E-state index in [1.165, 1.54) is 11.3 Å². The molecule has 1 amide bonds. The monoisotopic (exact) mass is 311 g/mol. The first-order valence-corrected chi connectivity index (χ1v) is 7.60. The van der Waals surface area contributed by atoms with Crippen LogP contribution in [0.2, 0.25) is 0 Å². The highest BCUT2D eigenvalue weighted by Crippen LogP contribution is 2.26. The number of thiazole rings is 1. The van der Waals surface area contributed by atoms with Crippen LogP contribution in [0.1, 0.15) is 10.5 Å². The largest absolute Gasteiger partial charge is 0.349 e. The highest BCUT2D eigenvalue weighted by atomic mass is 32.1. The highest BCUT2D eigenvalue weighted by Gasteiger charge is 2.20. The van der Waals surface area contributed by atoms with Crippen molar-refractivity contribution in [1.82, 2.24) is 20.0 Å². The number of hydrogen-bond acceptors (Lipinski definition) is 5. The van der Waals surface area contributed by atoms with Crippen molar-refractivity contribution in [3.05, 3.63) is 47.6 Å². The summed E-state index contributed by atoms with van der Waals surface area (Å²) in [4.78, 5) is 17.8. The van der Waals surface area contributed by atoms with Gasteiger partial charge < -0.3 is 10.6 Å². The van der Waals surface area contributed by atoms with E-state index in [0.717, 1.165) is 10.5 Å². The molecule has 110 valence electrons. The van der Waals surface area contributed by atoms with Crippen LogP contribution in [0, 0.1) is 11.5 Å². The van der Waals surface area contributed by atoms with E-state index in [2.05, 4.69) is 15.6 Å². The number of amides is 1. The lowest BCUT2D eigenvalue weighted by molar-refractivity contribution is 0.0949. The SMILES string of the molecule is N#CNCCNC(=O)c1c(-c2ccccc2)nc2sccn12. The second-order valence-electron chi connectivity index (χ2n) is 4.53. The van der Waals surface area contributed by atoms with Crippen molar-refractivity contribution >= 4 is 22.2 Å². The van der Waals surface area contributed by atoms with Crippen molar-refractivity contribution in [3.63, 3.8) is 0 Å². The standard InChI is InChI=1S/C15H13N5OS/c16-10-17-6-7-18-14(21)13-12(11-4-2-1-3-5-11)19-15-20(13)8-9-22-15/h1-5,8-9,17H,6-7H2,(H,18,21). The molecule has 3 rings (SSSR count). The van der Waals surface area contributed by atoms with Gasteiger partial charge in [-0.1, -0.05) is 30.3 Å². The van der Waals surface area contributed by atoms with E-state index < -0.39 is 0 Å². The number of carbonyl (C=O) groups excluding carboxylic acids is 1. The molecule has 0 radical (unpaired) electrons. The second-order valence-corrected chi connectivity index (χ2v) is 5.40. The van der Waals surface area contributed by atoms with E-state index in [4.69, 9.17) is 5.26 Å². The Morgan fingerprint density at radius 2 is 2.14 bits per heavy atom. The van der Waals surface area contributed by atoms with Crippen molar-refractivity contribution in [2.45, 2.75) is 0 Å². The fraction of sp³-hybridized carbons (Fsp3) is 0.133. The van der Waals surface area contributed by atoms with Crippen LogP contribution >= 0.6 is 11.3 Å². The van der Waals surface area contributed by atoms with Crippen molar-refractivity contribution in [2.24, 2.45) is 0 Å². The fourth-order valence-corrected chi connectivity index (χ4v) is 2.89. The maximum Gasteiger partial charge on any atom is 0.270 e. The summed E-state index contributed by atoms with van der Waals surface area (Å²) >= 11 is 1.48. The topological polar surface area (TPSA) is 82.2 Å². The van der Waals surface area contributed by atoms with Gasteiger partial charge in [0.05, 0.1) is 0 Å². The minimum atomic E-state index is -0.204. The number of hydrogen-bond donors (Lipinski definition) is 2. The van der Waals surface area contributed by atoms with E-state index in [1.54, 1.807) is 4.40 Å². The lowest BCUT2D eigenvalue weighted by Crippen LogP contribution is -2.31. The van der Waals surface area contributed by atoms with Crippen molar-refractivity contribution in [3.8, 4) is 17.5 Å². The number of nitrogens with zero attached hydrogens (tertiary/aromatic N) is 3. The summed E-state index contributed by atoms with van der Waals surface area (Å²) in [5, 5.41) is 15.6. The summed E-state index contributed by atoms with van der Waals surface area (Å²) in [5.41, 5.74) is 2.08. The number of aromatic nitrogens is 2. The molecule has 0 saturated carbocycles. The molecule has 7 heteroatoms. The Balaban J connectivity index is 1.95. The second kappa shape index (κ2) is 6.28. The molecule has 3 aromatic rings. The zero-order valence-electron chi connectivity index (χ0n) is 11.6. The van der Waals surface area contributed by atoms with Crippen LogP contribution in [0.25, 0.3) is 16.2 Å². The van der Waals surface area contributed by atoms with Crippen LogP contribution in [0.4, 0.5) is 0 Å². The smallest absolute Gasteiger partial charge is 0.270 e. The van der Waals surface area contributed by atoms with Gasteiger partial charge in [-0.25, -0.2) is 4.98 Å². The van der Waals surface area contributed by atoms with Gasteiger partial charge in [0, 0.05) is 30.2 Å². The molecule has 0 aliphatic heterocycles. The summed E-state index contributed by atoms with van der Waals surface area (Å²) in [7, 11) is 0. The van der Waals surface area contributed by atoms with Gasteiger partial charge in [-0.3, -0.25) is 9.20 Å². The van der Waals surface area contributed by atoms with Crippen LogP contribution in [0.3, 0.4) is 0 Å². The van der Waals surface area contributed by atoms with E-state index in [9.17, 15) is 4.79 Å². The molecule has 0 unspecified atom stereocenters. The Kier molecular flexibility index (Phi) is 4.03. The van der Waals surface area contributed by atoms with Crippen LogP contribution in [0.5, 0.6) is 0 Å². The predicted octanol–water partition coefficient (Wildman–Crippen LogP) is 1.86. The molecule has 2 aromatic heterocycles. The molecule has 1 aromatic carbocycles. The first kappa shape index (κ1) is 14.1. The minimum absolute atomic E-state index is 0.204. The normalized spacial score (nSPS) is 10.3. The number of nitrogens with one attached hydrogen (secondary N) is 2. The first-order chi connectivity index (χ1) is 10.8. The molecule has 0 saturated heterocycles. The lowest BCUT2D eigenvalue weighted by atomic mass is 10.1. The number of carbonyl (C=O) groups is 1. The third-order valence-electron chi connectivity index (χ3n) is 3.14. The van der Waals surface area contributed by atoms with Gasteiger partial charge in [-0.2, -0.15) is 5.26 Å². The summed E-state index contributed by atoms with van der Waals surface area (Å²) in [5.74, 6) is -0.204. The molecule has 0 aliphatic carbocycles. The van der Waals surface area contributed by atoms with E-state index in [0.29, 0.717) is 24.5 Å². The van der Waals surface area contributed by atoms with E-state index in [1.807, 2.05) is 48.1 Å². The molecule has 22 heavy (non-hydrogen) atoms. The fourth-order valence-electron chi connectivity index (χ4n) is 2.18. The Hall–Kier alpha value is -2.85. The van der Waals surface area contributed by atoms with E-state index in [-0.39, 0.29) is 5.91 Å². The van der Waals surface area contributed by atoms with Gasteiger partial charge in [-0.15, -0.1) is 11.3 Å². The summed E-state index contributed by atoms with van der Waals surface area (Å²) in [6.45, 7) is 0.770. The molecule has 6 nitrogen and oxygen atoms in total. The van der Waals surface area contributed by atoms with Crippen molar-refractivity contribution in [2.75, 3.05) is 13.1 Å². The number of nitriles is 1. The van der Waals surface area contributed by atoms with Crippen LogP contribution in [-0.2, 0) is 0 Å². The molecule has 0 fully saturated rings. The van der Waals surface area contributed by atoms with Gasteiger partial charge in [0.2, 0.25) is 0 Å². The Morgan fingerprint density at radius 1 is 1.32 bits per heavy atom. The van der Waals surface area contributed by atoms with Gasteiger partial charge in [0.15, 0.2) is 11.2 Å². The zero-order valence-corrected chi connectivity index (χ0v) is 12.4. The van der Waals surface area contributed by atoms with Crippen molar-refractivity contribution < 1.29 is 4.79 Å². The maximum absolute atomic E-state index is 12.5. The molecule has 0 bridgehead atoms. The average molecular weight is 311 g/mol.